The van der Waals surface area contributed by atoms with E-state index in [1.165, 1.54) is 17.7 Å². The zero-order chi connectivity index (χ0) is 16.4. The Morgan fingerprint density at radius 2 is 1.88 bits per heavy atom. The van der Waals surface area contributed by atoms with Crippen LogP contribution in [0.1, 0.15) is 24.6 Å². The summed E-state index contributed by atoms with van der Waals surface area (Å²) in [5, 5.41) is 3.17. The number of nitrogens with zero attached hydrogens (tertiary/aromatic N) is 6. The Balaban J connectivity index is 1.46. The van der Waals surface area contributed by atoms with Gasteiger partial charge in [0.1, 0.15) is 18.0 Å². The molecule has 2 aromatic heterocycles. The number of anilines is 3. The van der Waals surface area contributed by atoms with E-state index in [9.17, 15) is 0 Å². The highest BCUT2D eigenvalue weighted by atomic mass is 15.3. The van der Waals surface area contributed by atoms with Crippen molar-refractivity contribution in [1.29, 1.82) is 0 Å². The lowest BCUT2D eigenvalue weighted by Gasteiger charge is -2.36. The van der Waals surface area contributed by atoms with Crippen LogP contribution in [0.4, 0.5) is 17.6 Å². The zero-order valence-electron chi connectivity index (χ0n) is 14.1. The van der Waals surface area contributed by atoms with Crippen molar-refractivity contribution in [3.05, 3.63) is 29.8 Å². The first-order chi connectivity index (χ1) is 11.8. The first-order valence-corrected chi connectivity index (χ1v) is 8.74. The largest absolute Gasteiger partial charge is 0.354 e. The van der Waals surface area contributed by atoms with E-state index in [-0.39, 0.29) is 0 Å². The third-order valence-corrected chi connectivity index (χ3v) is 4.73. The highest BCUT2D eigenvalue weighted by Gasteiger charge is 2.24. The number of aromatic nitrogens is 4. The molecule has 1 aliphatic heterocycles. The Hall–Kier alpha value is -2.44. The van der Waals surface area contributed by atoms with Gasteiger partial charge in [0.2, 0.25) is 5.95 Å². The third kappa shape index (κ3) is 2.86. The Morgan fingerprint density at radius 1 is 1.04 bits per heavy atom. The van der Waals surface area contributed by atoms with Crippen LogP contribution in [0.15, 0.2) is 18.6 Å². The van der Waals surface area contributed by atoms with Gasteiger partial charge in [-0.25, -0.2) is 15.0 Å². The molecule has 0 bridgehead atoms. The van der Waals surface area contributed by atoms with E-state index in [1.54, 1.807) is 6.33 Å². The smallest absolute Gasteiger partial charge is 0.224 e. The van der Waals surface area contributed by atoms with Crippen molar-refractivity contribution in [2.24, 2.45) is 0 Å². The first kappa shape index (κ1) is 15.1. The normalized spacial score (nSPS) is 17.0. The summed E-state index contributed by atoms with van der Waals surface area (Å²) in [6, 6.07) is 1.99. The number of piperazine rings is 1. The van der Waals surface area contributed by atoms with Crippen LogP contribution in [0.3, 0.4) is 0 Å². The van der Waals surface area contributed by atoms with Gasteiger partial charge in [0, 0.05) is 50.2 Å². The molecule has 2 aliphatic rings. The zero-order valence-corrected chi connectivity index (χ0v) is 14.1. The highest BCUT2D eigenvalue weighted by molar-refractivity contribution is 5.52. The van der Waals surface area contributed by atoms with Gasteiger partial charge in [-0.2, -0.15) is 4.98 Å². The molecular weight excluding hydrogens is 302 g/mol. The maximum atomic E-state index is 4.60. The minimum atomic E-state index is 0.700. The molecule has 1 aliphatic carbocycles. The van der Waals surface area contributed by atoms with Crippen LogP contribution >= 0.6 is 0 Å². The quantitative estimate of drug-likeness (QED) is 0.914. The Morgan fingerprint density at radius 3 is 2.71 bits per heavy atom. The summed E-state index contributed by atoms with van der Waals surface area (Å²) in [6.07, 6.45) is 6.96. The average molecular weight is 325 g/mol. The molecule has 0 atom stereocenters. The van der Waals surface area contributed by atoms with Gasteiger partial charge >= 0.3 is 0 Å². The lowest BCUT2D eigenvalue weighted by molar-refractivity contribution is 0.638. The van der Waals surface area contributed by atoms with Crippen molar-refractivity contribution in [3.63, 3.8) is 0 Å². The Bertz CT molecular complexity index is 710. The van der Waals surface area contributed by atoms with Crippen molar-refractivity contribution in [2.75, 3.05) is 47.8 Å². The lowest BCUT2D eigenvalue weighted by atomic mass is 10.2. The van der Waals surface area contributed by atoms with E-state index in [1.807, 2.05) is 12.3 Å². The minimum Gasteiger partial charge on any atom is -0.354 e. The molecule has 1 fully saturated rings. The van der Waals surface area contributed by atoms with Crippen LogP contribution in [-0.4, -0.2) is 52.7 Å². The van der Waals surface area contributed by atoms with E-state index >= 15 is 0 Å². The molecule has 4 rings (SSSR count). The highest BCUT2D eigenvalue weighted by Crippen LogP contribution is 2.28. The van der Waals surface area contributed by atoms with E-state index in [4.69, 9.17) is 0 Å². The molecule has 0 unspecified atom stereocenters. The molecule has 0 radical (unpaired) electrons. The predicted octanol–water partition coefficient (Wildman–Crippen LogP) is 1.51. The number of hydrogen-bond donors (Lipinski definition) is 1. The van der Waals surface area contributed by atoms with Crippen LogP contribution in [-0.2, 0) is 12.8 Å². The molecule has 0 aromatic carbocycles. The van der Waals surface area contributed by atoms with E-state index in [2.05, 4.69) is 42.0 Å². The molecule has 7 heteroatoms. The number of nitrogens with one attached hydrogen (secondary N) is 1. The Kier molecular flexibility index (Phi) is 4.15. The SMILES string of the molecule is CCNc1nccc(N2CCN(c3ncnc4c3CCC4)CC2)n1. The molecule has 7 nitrogen and oxygen atoms in total. The monoisotopic (exact) mass is 325 g/mol. The summed E-state index contributed by atoms with van der Waals surface area (Å²) in [6.45, 7) is 6.70. The van der Waals surface area contributed by atoms with E-state index in [0.29, 0.717) is 5.95 Å². The van der Waals surface area contributed by atoms with E-state index < -0.39 is 0 Å². The second-order valence-electron chi connectivity index (χ2n) is 6.22. The molecule has 126 valence electrons. The number of fused-ring (bicyclic) bond motifs is 1. The van der Waals surface area contributed by atoms with Crippen molar-refractivity contribution >= 4 is 17.6 Å². The standard InChI is InChI=1S/C17H23N7/c1-2-18-17-19-7-6-15(22-17)23-8-10-24(11-9-23)16-13-4-3-5-14(13)20-12-21-16/h6-7,12H,2-5,8-11H2,1H3,(H,18,19,22). The predicted molar refractivity (Wildman–Crippen MR) is 94.7 cm³/mol. The van der Waals surface area contributed by atoms with Gasteiger partial charge in [-0.15, -0.1) is 0 Å². The summed E-state index contributed by atoms with van der Waals surface area (Å²) in [4.78, 5) is 22.6. The topological polar surface area (TPSA) is 70.1 Å². The summed E-state index contributed by atoms with van der Waals surface area (Å²) >= 11 is 0. The number of rotatable bonds is 4. The summed E-state index contributed by atoms with van der Waals surface area (Å²) in [7, 11) is 0. The van der Waals surface area contributed by atoms with Crippen LogP contribution < -0.4 is 15.1 Å². The van der Waals surface area contributed by atoms with Gasteiger partial charge in [0.15, 0.2) is 0 Å². The molecule has 2 aromatic rings. The van der Waals surface area contributed by atoms with Gasteiger partial charge in [-0.1, -0.05) is 0 Å². The van der Waals surface area contributed by atoms with Crippen LogP contribution in [0.5, 0.6) is 0 Å². The second kappa shape index (κ2) is 6.59. The van der Waals surface area contributed by atoms with Crippen molar-refractivity contribution < 1.29 is 0 Å². The molecule has 0 amide bonds. The van der Waals surface area contributed by atoms with Crippen LogP contribution in [0, 0.1) is 0 Å². The summed E-state index contributed by atoms with van der Waals surface area (Å²) < 4.78 is 0. The van der Waals surface area contributed by atoms with Gasteiger partial charge in [0.05, 0.1) is 0 Å². The van der Waals surface area contributed by atoms with Crippen molar-refractivity contribution in [3.8, 4) is 0 Å². The maximum Gasteiger partial charge on any atom is 0.224 e. The molecule has 1 saturated heterocycles. The average Bonchev–Trinajstić information content (AvgIpc) is 3.11. The van der Waals surface area contributed by atoms with Crippen molar-refractivity contribution in [1.82, 2.24) is 19.9 Å². The maximum absolute atomic E-state index is 4.60. The second-order valence-corrected chi connectivity index (χ2v) is 6.22. The minimum absolute atomic E-state index is 0.700. The number of aryl methyl sites for hydroxylation is 1. The van der Waals surface area contributed by atoms with Crippen LogP contribution in [0.2, 0.25) is 0 Å². The number of hydrogen-bond acceptors (Lipinski definition) is 7. The van der Waals surface area contributed by atoms with Crippen LogP contribution in [0.25, 0.3) is 0 Å². The Labute approximate surface area is 142 Å². The molecule has 24 heavy (non-hydrogen) atoms. The summed E-state index contributed by atoms with van der Waals surface area (Å²) in [5.41, 5.74) is 2.61. The molecule has 0 spiro atoms. The fourth-order valence-corrected chi connectivity index (χ4v) is 3.53. The van der Waals surface area contributed by atoms with Crippen molar-refractivity contribution in [2.45, 2.75) is 26.2 Å². The van der Waals surface area contributed by atoms with E-state index in [0.717, 1.165) is 57.2 Å². The first-order valence-electron chi connectivity index (χ1n) is 8.74. The fourth-order valence-electron chi connectivity index (χ4n) is 3.53. The molecule has 3 heterocycles. The fraction of sp³-hybridized carbons (Fsp3) is 0.529. The lowest BCUT2D eigenvalue weighted by Crippen LogP contribution is -2.47. The third-order valence-electron chi connectivity index (χ3n) is 4.73. The molecular formula is C17H23N7. The van der Waals surface area contributed by atoms with Gasteiger partial charge in [-0.05, 0) is 32.3 Å². The van der Waals surface area contributed by atoms with Gasteiger partial charge in [0.25, 0.3) is 0 Å². The summed E-state index contributed by atoms with van der Waals surface area (Å²) in [5.74, 6) is 2.84. The van der Waals surface area contributed by atoms with Gasteiger partial charge in [-0.3, -0.25) is 0 Å². The molecule has 1 N–H and O–H groups in total. The van der Waals surface area contributed by atoms with Gasteiger partial charge < -0.3 is 15.1 Å². The molecule has 0 saturated carbocycles.